The Kier molecular flexibility index (Phi) is 6.54. The fourth-order valence-electron chi connectivity index (χ4n) is 3.68. The Morgan fingerprint density at radius 2 is 1.83 bits per heavy atom. The van der Waals surface area contributed by atoms with Crippen LogP contribution in [0.1, 0.15) is 21.5 Å². The van der Waals surface area contributed by atoms with Gasteiger partial charge >= 0.3 is 0 Å². The first-order valence-corrected chi connectivity index (χ1v) is 12.1. The molecule has 0 unspecified atom stereocenters. The van der Waals surface area contributed by atoms with Crippen LogP contribution in [-0.4, -0.2) is 27.5 Å². The largest absolute Gasteiger partial charge is 0.454 e. The molecule has 1 aromatic heterocycles. The van der Waals surface area contributed by atoms with E-state index in [1.54, 1.807) is 30.0 Å². The maximum absolute atomic E-state index is 12.7. The van der Waals surface area contributed by atoms with Crippen molar-refractivity contribution in [3.05, 3.63) is 96.1 Å². The van der Waals surface area contributed by atoms with Crippen molar-refractivity contribution in [2.75, 3.05) is 12.1 Å². The molecule has 1 aliphatic rings. The van der Waals surface area contributed by atoms with Crippen molar-refractivity contribution in [1.29, 1.82) is 0 Å². The molecule has 0 fully saturated rings. The Morgan fingerprint density at radius 3 is 2.60 bits per heavy atom. The zero-order chi connectivity index (χ0) is 24.2. The first-order chi connectivity index (χ1) is 17.1. The summed E-state index contributed by atoms with van der Waals surface area (Å²) in [7, 11) is 0. The molecule has 2 heterocycles. The molecular formula is C27H24N4O3S. The second-order valence-corrected chi connectivity index (χ2v) is 9.02. The van der Waals surface area contributed by atoms with Gasteiger partial charge in [-0.2, -0.15) is 0 Å². The van der Waals surface area contributed by atoms with E-state index in [1.807, 2.05) is 30.3 Å². The monoisotopic (exact) mass is 484 g/mol. The number of allylic oxidation sites excluding steroid dienone is 1. The highest BCUT2D eigenvalue weighted by molar-refractivity contribution is 7.98. The molecule has 3 aromatic carbocycles. The molecule has 1 N–H and O–H groups in total. The maximum Gasteiger partial charge on any atom is 0.255 e. The highest BCUT2D eigenvalue weighted by Crippen LogP contribution is 2.34. The number of aryl methyl sites for hydroxylation is 1. The summed E-state index contributed by atoms with van der Waals surface area (Å²) in [5.74, 6) is 2.65. The molecule has 0 atom stereocenters. The summed E-state index contributed by atoms with van der Waals surface area (Å²) in [4.78, 5) is 12.7. The van der Waals surface area contributed by atoms with Gasteiger partial charge in [-0.1, -0.05) is 59.8 Å². The topological polar surface area (TPSA) is 78.3 Å². The van der Waals surface area contributed by atoms with Crippen molar-refractivity contribution in [2.24, 2.45) is 0 Å². The minimum Gasteiger partial charge on any atom is -0.454 e. The van der Waals surface area contributed by atoms with E-state index in [4.69, 9.17) is 9.47 Å². The Morgan fingerprint density at radius 1 is 1.06 bits per heavy atom. The highest BCUT2D eigenvalue weighted by atomic mass is 32.2. The number of ether oxygens (including phenoxy) is 2. The molecule has 5 rings (SSSR count). The number of carbonyl (C=O) groups is 1. The molecule has 35 heavy (non-hydrogen) atoms. The van der Waals surface area contributed by atoms with Gasteiger partial charge in [0.2, 0.25) is 6.79 Å². The summed E-state index contributed by atoms with van der Waals surface area (Å²) >= 11 is 1.60. The summed E-state index contributed by atoms with van der Waals surface area (Å²) in [5, 5.41) is 12.6. The van der Waals surface area contributed by atoms with E-state index in [9.17, 15) is 4.79 Å². The average Bonchev–Trinajstić information content (AvgIpc) is 3.50. The SMILES string of the molecule is C=CCn1c(SCc2ccc(C(=O)Nc3ccc4c(c3)OCO4)cc2)nnc1-c1ccc(C)cc1. The molecule has 7 nitrogen and oxygen atoms in total. The maximum atomic E-state index is 12.7. The fourth-order valence-corrected chi connectivity index (χ4v) is 4.59. The van der Waals surface area contributed by atoms with Gasteiger partial charge in [0, 0.05) is 35.2 Å². The van der Waals surface area contributed by atoms with Crippen molar-refractivity contribution < 1.29 is 14.3 Å². The lowest BCUT2D eigenvalue weighted by molar-refractivity contribution is 0.102. The summed E-state index contributed by atoms with van der Waals surface area (Å²) in [5.41, 5.74) is 4.54. The molecule has 8 heteroatoms. The van der Waals surface area contributed by atoms with E-state index >= 15 is 0 Å². The zero-order valence-corrected chi connectivity index (χ0v) is 20.0. The number of thioether (sulfide) groups is 1. The van der Waals surface area contributed by atoms with E-state index in [0.29, 0.717) is 35.0 Å². The van der Waals surface area contributed by atoms with Gasteiger partial charge in [0.25, 0.3) is 5.91 Å². The van der Waals surface area contributed by atoms with Gasteiger partial charge in [-0.25, -0.2) is 0 Å². The number of anilines is 1. The normalized spacial score (nSPS) is 11.9. The third-order valence-corrected chi connectivity index (χ3v) is 6.59. The lowest BCUT2D eigenvalue weighted by Crippen LogP contribution is -2.11. The van der Waals surface area contributed by atoms with Crippen LogP contribution in [0.15, 0.2) is 84.5 Å². The first-order valence-electron chi connectivity index (χ1n) is 11.1. The van der Waals surface area contributed by atoms with Crippen LogP contribution in [0.4, 0.5) is 5.69 Å². The summed E-state index contributed by atoms with van der Waals surface area (Å²) in [6, 6.07) is 21.1. The molecule has 0 saturated heterocycles. The van der Waals surface area contributed by atoms with Crippen LogP contribution in [0.25, 0.3) is 11.4 Å². The molecule has 4 aromatic rings. The molecule has 176 valence electrons. The highest BCUT2D eigenvalue weighted by Gasteiger charge is 2.16. The molecule has 0 bridgehead atoms. The standard InChI is InChI=1S/C27H24N4O3S/c1-3-14-31-25(20-8-4-18(2)5-9-20)29-30-27(31)35-16-19-6-10-21(11-7-19)26(32)28-22-12-13-23-24(15-22)34-17-33-23/h3-13,15H,1,14,16-17H2,2H3,(H,28,32). The van der Waals surface area contributed by atoms with Gasteiger partial charge in [-0.05, 0) is 36.8 Å². The van der Waals surface area contributed by atoms with Gasteiger partial charge < -0.3 is 14.8 Å². The number of hydrogen-bond acceptors (Lipinski definition) is 6. The summed E-state index contributed by atoms with van der Waals surface area (Å²) in [6.45, 7) is 6.76. The van der Waals surface area contributed by atoms with E-state index in [1.165, 1.54) is 5.56 Å². The van der Waals surface area contributed by atoms with Gasteiger partial charge in [-0.3, -0.25) is 9.36 Å². The van der Waals surface area contributed by atoms with Crippen LogP contribution in [-0.2, 0) is 12.3 Å². The number of benzene rings is 3. The lowest BCUT2D eigenvalue weighted by atomic mass is 10.1. The van der Waals surface area contributed by atoms with E-state index in [-0.39, 0.29) is 12.7 Å². The number of fused-ring (bicyclic) bond motifs is 1. The third-order valence-electron chi connectivity index (χ3n) is 5.55. The van der Waals surface area contributed by atoms with Crippen molar-refractivity contribution in [2.45, 2.75) is 24.4 Å². The van der Waals surface area contributed by atoms with Crippen molar-refractivity contribution >= 4 is 23.4 Å². The van der Waals surface area contributed by atoms with E-state index in [0.717, 1.165) is 22.1 Å². The average molecular weight is 485 g/mol. The number of rotatable bonds is 8. The minimum atomic E-state index is -0.184. The Hall–Kier alpha value is -4.04. The predicted molar refractivity (Wildman–Crippen MR) is 137 cm³/mol. The molecule has 0 saturated carbocycles. The second-order valence-electron chi connectivity index (χ2n) is 8.08. The van der Waals surface area contributed by atoms with Crippen LogP contribution < -0.4 is 14.8 Å². The summed E-state index contributed by atoms with van der Waals surface area (Å²) in [6.07, 6.45) is 1.85. The van der Waals surface area contributed by atoms with Crippen LogP contribution in [0.3, 0.4) is 0 Å². The third kappa shape index (κ3) is 5.07. The van der Waals surface area contributed by atoms with Crippen LogP contribution in [0, 0.1) is 6.92 Å². The fraction of sp³-hybridized carbons (Fsp3) is 0.148. The van der Waals surface area contributed by atoms with Crippen molar-refractivity contribution in [1.82, 2.24) is 14.8 Å². The smallest absolute Gasteiger partial charge is 0.255 e. The zero-order valence-electron chi connectivity index (χ0n) is 19.2. The Bertz CT molecular complexity index is 1360. The predicted octanol–water partition coefficient (Wildman–Crippen LogP) is 5.71. The van der Waals surface area contributed by atoms with Gasteiger partial charge in [0.05, 0.1) is 0 Å². The second kappa shape index (κ2) is 10.1. The molecule has 0 spiro atoms. The minimum absolute atomic E-state index is 0.184. The number of carbonyl (C=O) groups excluding carboxylic acids is 1. The molecule has 0 radical (unpaired) electrons. The first kappa shape index (κ1) is 22.7. The van der Waals surface area contributed by atoms with Gasteiger partial charge in [0.1, 0.15) is 0 Å². The van der Waals surface area contributed by atoms with E-state index < -0.39 is 0 Å². The Labute approximate surface area is 207 Å². The van der Waals surface area contributed by atoms with Crippen molar-refractivity contribution in [3.8, 4) is 22.9 Å². The van der Waals surface area contributed by atoms with Crippen LogP contribution >= 0.6 is 11.8 Å². The quantitative estimate of drug-likeness (QED) is 0.255. The number of nitrogens with zero attached hydrogens (tertiary/aromatic N) is 3. The molecular weight excluding hydrogens is 460 g/mol. The lowest BCUT2D eigenvalue weighted by Gasteiger charge is -2.09. The number of nitrogens with one attached hydrogen (secondary N) is 1. The number of amides is 1. The van der Waals surface area contributed by atoms with Crippen LogP contribution in [0.5, 0.6) is 11.5 Å². The van der Waals surface area contributed by atoms with Gasteiger partial charge in [-0.15, -0.1) is 16.8 Å². The van der Waals surface area contributed by atoms with Crippen molar-refractivity contribution in [3.63, 3.8) is 0 Å². The molecule has 0 aliphatic carbocycles. The van der Waals surface area contributed by atoms with E-state index in [2.05, 4.69) is 57.8 Å². The van der Waals surface area contributed by atoms with Crippen LogP contribution in [0.2, 0.25) is 0 Å². The summed E-state index contributed by atoms with van der Waals surface area (Å²) < 4.78 is 12.7. The van der Waals surface area contributed by atoms with Gasteiger partial charge in [0.15, 0.2) is 22.5 Å². The Balaban J connectivity index is 1.24. The molecule has 1 aliphatic heterocycles. The number of hydrogen-bond donors (Lipinski definition) is 1. The number of aromatic nitrogens is 3. The molecule has 1 amide bonds.